The minimum atomic E-state index is -0.101. The molecule has 30 heavy (non-hydrogen) atoms. The minimum Gasteiger partial charge on any atom is -0.347 e. The first-order valence-corrected chi connectivity index (χ1v) is 9.74. The van der Waals surface area contributed by atoms with Gasteiger partial charge in [-0.3, -0.25) is 4.79 Å². The number of carbonyl (C=O) groups excluding carboxylic acids is 1. The highest BCUT2D eigenvalue weighted by molar-refractivity contribution is 5.97. The van der Waals surface area contributed by atoms with Crippen molar-refractivity contribution in [2.75, 3.05) is 5.32 Å². The molecule has 0 spiro atoms. The molecule has 0 fully saturated rings. The molecular formula is C24H23N5O. The van der Waals surface area contributed by atoms with E-state index in [4.69, 9.17) is 0 Å². The van der Waals surface area contributed by atoms with Gasteiger partial charge in [0.15, 0.2) is 0 Å². The Kier molecular flexibility index (Phi) is 5.57. The van der Waals surface area contributed by atoms with Crippen LogP contribution in [0.15, 0.2) is 78.6 Å². The van der Waals surface area contributed by atoms with E-state index in [-0.39, 0.29) is 5.91 Å². The highest BCUT2D eigenvalue weighted by Gasteiger charge is 2.08. The van der Waals surface area contributed by atoms with Crippen molar-refractivity contribution >= 4 is 34.5 Å². The van der Waals surface area contributed by atoms with Crippen molar-refractivity contribution < 1.29 is 4.79 Å². The lowest BCUT2D eigenvalue weighted by molar-refractivity contribution is -0.117. The number of nitrogens with one attached hydrogen (secondary N) is 2. The number of benzene rings is 1. The number of hydrogen-bond donors (Lipinski definition) is 2. The van der Waals surface area contributed by atoms with E-state index in [9.17, 15) is 4.79 Å². The van der Waals surface area contributed by atoms with Gasteiger partial charge in [-0.1, -0.05) is 24.3 Å². The van der Waals surface area contributed by atoms with Gasteiger partial charge in [0.1, 0.15) is 11.6 Å². The number of hydrogen-bond acceptors (Lipinski definition) is 4. The molecule has 0 saturated heterocycles. The summed E-state index contributed by atoms with van der Waals surface area (Å²) in [7, 11) is 2.01. The molecular weight excluding hydrogens is 374 g/mol. The monoisotopic (exact) mass is 397 g/mol. The van der Waals surface area contributed by atoms with E-state index in [2.05, 4.69) is 43.4 Å². The summed E-state index contributed by atoms with van der Waals surface area (Å²) in [5, 5.41) is 7.30. The Morgan fingerprint density at radius 3 is 2.57 bits per heavy atom. The van der Waals surface area contributed by atoms with Crippen LogP contribution in [0.5, 0.6) is 0 Å². The van der Waals surface area contributed by atoms with Gasteiger partial charge >= 0.3 is 0 Å². The maximum Gasteiger partial charge on any atom is 0.247 e. The summed E-state index contributed by atoms with van der Waals surface area (Å²) in [6, 6.07) is 19.7. The summed E-state index contributed by atoms with van der Waals surface area (Å²) in [5.41, 5.74) is 3.70. The van der Waals surface area contributed by atoms with E-state index < -0.39 is 0 Å². The van der Waals surface area contributed by atoms with Crippen molar-refractivity contribution in [2.45, 2.75) is 13.5 Å². The van der Waals surface area contributed by atoms with E-state index in [0.717, 1.165) is 22.6 Å². The molecule has 6 heteroatoms. The van der Waals surface area contributed by atoms with Gasteiger partial charge in [0, 0.05) is 36.2 Å². The largest absolute Gasteiger partial charge is 0.347 e. The van der Waals surface area contributed by atoms with Crippen LogP contribution >= 0.6 is 0 Å². The number of fused-ring (bicyclic) bond motifs is 1. The third-order valence-corrected chi connectivity index (χ3v) is 4.93. The van der Waals surface area contributed by atoms with Crippen molar-refractivity contribution in [3.63, 3.8) is 0 Å². The first-order chi connectivity index (χ1) is 14.6. The number of amides is 1. The van der Waals surface area contributed by atoms with Crippen molar-refractivity contribution in [3.8, 4) is 0 Å². The average Bonchev–Trinajstić information content (AvgIpc) is 3.10. The summed E-state index contributed by atoms with van der Waals surface area (Å²) in [4.78, 5) is 21.1. The number of aromatic nitrogens is 3. The Hall–Kier alpha value is -3.93. The van der Waals surface area contributed by atoms with E-state index in [1.54, 1.807) is 19.3 Å². The first-order valence-electron chi connectivity index (χ1n) is 9.74. The van der Waals surface area contributed by atoms with Gasteiger partial charge < -0.3 is 15.2 Å². The molecule has 0 saturated carbocycles. The third kappa shape index (κ3) is 4.38. The Bertz CT molecular complexity index is 1190. The smallest absolute Gasteiger partial charge is 0.247 e. The first kappa shape index (κ1) is 19.4. The van der Waals surface area contributed by atoms with Crippen molar-refractivity contribution in [2.24, 2.45) is 7.05 Å². The lowest BCUT2D eigenvalue weighted by atomic mass is 10.1. The van der Waals surface area contributed by atoms with Crippen molar-refractivity contribution in [3.05, 3.63) is 89.9 Å². The topological polar surface area (TPSA) is 71.8 Å². The molecule has 0 aliphatic rings. The molecule has 0 aliphatic heterocycles. The summed E-state index contributed by atoms with van der Waals surface area (Å²) in [6.07, 6.45) is 5.28. The number of carbonyl (C=O) groups is 1. The standard InChI is InChI=1S/C24H23N5O/c1-17(13-18-10-11-23(26-15-18)28-22-9-5-6-12-25-22)24(30)27-16-20-14-19-7-3-4-8-21(19)29(20)2/h3-15H,16H2,1-2H3,(H,27,30)(H,25,26,28). The quantitative estimate of drug-likeness (QED) is 0.472. The third-order valence-electron chi connectivity index (χ3n) is 4.93. The summed E-state index contributed by atoms with van der Waals surface area (Å²) in [6.45, 7) is 2.28. The summed E-state index contributed by atoms with van der Waals surface area (Å²) in [5.74, 6) is 1.33. The van der Waals surface area contributed by atoms with Crippen LogP contribution in [0.1, 0.15) is 18.2 Å². The van der Waals surface area contributed by atoms with Crippen LogP contribution in [0.25, 0.3) is 17.0 Å². The van der Waals surface area contributed by atoms with Crippen LogP contribution in [-0.4, -0.2) is 20.4 Å². The Labute approximate surface area is 175 Å². The number of rotatable bonds is 6. The zero-order valence-electron chi connectivity index (χ0n) is 17.0. The molecule has 150 valence electrons. The number of para-hydroxylation sites is 1. The zero-order chi connectivity index (χ0) is 20.9. The predicted octanol–water partition coefficient (Wildman–Crippen LogP) is 4.43. The molecule has 0 radical (unpaired) electrons. The highest BCUT2D eigenvalue weighted by atomic mass is 16.1. The highest BCUT2D eigenvalue weighted by Crippen LogP contribution is 2.18. The van der Waals surface area contributed by atoms with E-state index in [0.29, 0.717) is 17.9 Å². The van der Waals surface area contributed by atoms with Crippen LogP contribution in [0.3, 0.4) is 0 Å². The number of anilines is 2. The normalized spacial score (nSPS) is 11.5. The van der Waals surface area contributed by atoms with Crippen molar-refractivity contribution in [1.29, 1.82) is 0 Å². The lowest BCUT2D eigenvalue weighted by Gasteiger charge is -2.08. The molecule has 1 aromatic carbocycles. The van der Waals surface area contributed by atoms with Gasteiger partial charge in [-0.2, -0.15) is 0 Å². The fraction of sp³-hybridized carbons (Fsp3) is 0.125. The Morgan fingerprint density at radius 1 is 1.03 bits per heavy atom. The number of nitrogens with zero attached hydrogens (tertiary/aromatic N) is 3. The van der Waals surface area contributed by atoms with E-state index in [1.807, 2.05) is 55.6 Å². The second-order valence-corrected chi connectivity index (χ2v) is 7.08. The summed E-state index contributed by atoms with van der Waals surface area (Å²) < 4.78 is 2.10. The second kappa shape index (κ2) is 8.61. The average molecular weight is 397 g/mol. The molecule has 3 heterocycles. The maximum atomic E-state index is 12.5. The molecule has 0 bridgehead atoms. The predicted molar refractivity (Wildman–Crippen MR) is 120 cm³/mol. The van der Waals surface area contributed by atoms with E-state index in [1.165, 1.54) is 5.39 Å². The number of pyridine rings is 2. The van der Waals surface area contributed by atoms with Crippen molar-refractivity contribution in [1.82, 2.24) is 19.9 Å². The van der Waals surface area contributed by atoms with Crippen LogP contribution in [0, 0.1) is 0 Å². The SMILES string of the molecule is CC(=Cc1ccc(Nc2ccccn2)nc1)C(=O)NCc1cc2ccccc2n1C. The van der Waals surface area contributed by atoms with E-state index >= 15 is 0 Å². The minimum absolute atomic E-state index is 0.101. The Morgan fingerprint density at radius 2 is 1.83 bits per heavy atom. The number of aryl methyl sites for hydroxylation is 1. The molecule has 0 unspecified atom stereocenters. The fourth-order valence-electron chi connectivity index (χ4n) is 3.27. The van der Waals surface area contributed by atoms with Gasteiger partial charge in [-0.05, 0) is 60.3 Å². The van der Waals surface area contributed by atoms with Gasteiger partial charge in [-0.15, -0.1) is 0 Å². The van der Waals surface area contributed by atoms with Crippen LogP contribution in [-0.2, 0) is 18.4 Å². The maximum absolute atomic E-state index is 12.5. The van der Waals surface area contributed by atoms with Gasteiger partial charge in [0.2, 0.25) is 5.91 Å². The van der Waals surface area contributed by atoms with Crippen LogP contribution in [0.4, 0.5) is 11.6 Å². The second-order valence-electron chi connectivity index (χ2n) is 7.08. The molecule has 2 N–H and O–H groups in total. The van der Waals surface area contributed by atoms with Gasteiger partial charge in [0.25, 0.3) is 0 Å². The molecule has 6 nitrogen and oxygen atoms in total. The van der Waals surface area contributed by atoms with Crippen LogP contribution < -0.4 is 10.6 Å². The molecule has 4 rings (SSSR count). The lowest BCUT2D eigenvalue weighted by Crippen LogP contribution is -2.24. The molecule has 0 atom stereocenters. The Balaban J connectivity index is 1.38. The molecule has 4 aromatic rings. The molecule has 1 amide bonds. The van der Waals surface area contributed by atoms with Gasteiger partial charge in [0.05, 0.1) is 6.54 Å². The van der Waals surface area contributed by atoms with Crippen LogP contribution in [0.2, 0.25) is 0 Å². The molecule has 3 aromatic heterocycles. The fourth-order valence-corrected chi connectivity index (χ4v) is 3.27. The zero-order valence-corrected chi connectivity index (χ0v) is 17.0. The van der Waals surface area contributed by atoms with Gasteiger partial charge in [-0.25, -0.2) is 9.97 Å². The molecule has 0 aliphatic carbocycles. The summed E-state index contributed by atoms with van der Waals surface area (Å²) >= 11 is 0.